The van der Waals surface area contributed by atoms with E-state index in [2.05, 4.69) is 167 Å². The van der Waals surface area contributed by atoms with E-state index in [1.165, 1.54) is 25.7 Å². The summed E-state index contributed by atoms with van der Waals surface area (Å²) >= 11 is 0. The van der Waals surface area contributed by atoms with Gasteiger partial charge >= 0.3 is 17.9 Å². The Morgan fingerprint density at radius 3 is 1.01 bits per heavy atom. The fourth-order valence-electron chi connectivity index (χ4n) is 6.53. The van der Waals surface area contributed by atoms with Crippen LogP contribution < -0.4 is 0 Å². The molecule has 0 radical (unpaired) electrons. The van der Waals surface area contributed by atoms with Crippen molar-refractivity contribution in [3.8, 4) is 0 Å². The van der Waals surface area contributed by atoms with E-state index in [0.29, 0.717) is 12.8 Å². The number of allylic oxidation sites excluding steroid dienone is 26. The molecule has 0 heterocycles. The molecule has 0 bridgehead atoms. The van der Waals surface area contributed by atoms with Crippen molar-refractivity contribution >= 4 is 17.9 Å². The van der Waals surface area contributed by atoms with Gasteiger partial charge in [0.1, 0.15) is 13.2 Å². The van der Waals surface area contributed by atoms with Crippen molar-refractivity contribution in [3.05, 3.63) is 158 Å². The fraction of sp³-hybridized carbons (Fsp3) is 0.540. The van der Waals surface area contributed by atoms with Crippen LogP contribution in [0, 0.1) is 0 Å². The lowest BCUT2D eigenvalue weighted by atomic mass is 10.1. The molecule has 0 saturated carbocycles. The van der Waals surface area contributed by atoms with Crippen LogP contribution in [-0.4, -0.2) is 37.2 Å². The number of carbonyl (C=O) groups is 3. The van der Waals surface area contributed by atoms with Crippen LogP contribution in [0.2, 0.25) is 0 Å². The smallest absolute Gasteiger partial charge is 0.306 e. The molecule has 6 heteroatoms. The molecular formula is C63H96O6. The van der Waals surface area contributed by atoms with Crippen LogP contribution in [0.1, 0.15) is 201 Å². The number of hydrogen-bond acceptors (Lipinski definition) is 6. The highest BCUT2D eigenvalue weighted by atomic mass is 16.6. The maximum absolute atomic E-state index is 12.8. The van der Waals surface area contributed by atoms with Crippen LogP contribution in [0.15, 0.2) is 158 Å². The molecule has 1 atom stereocenters. The minimum atomic E-state index is -0.848. The molecule has 0 aromatic heterocycles. The molecule has 384 valence electrons. The quantitative estimate of drug-likeness (QED) is 0.0262. The summed E-state index contributed by atoms with van der Waals surface area (Å²) in [6.45, 7) is 6.23. The third-order valence-corrected chi connectivity index (χ3v) is 10.5. The van der Waals surface area contributed by atoms with Gasteiger partial charge < -0.3 is 14.2 Å². The first-order chi connectivity index (χ1) is 34.0. The van der Waals surface area contributed by atoms with Crippen LogP contribution in [0.3, 0.4) is 0 Å². The van der Waals surface area contributed by atoms with E-state index in [1.54, 1.807) is 0 Å². The van der Waals surface area contributed by atoms with E-state index in [1.807, 2.05) is 12.2 Å². The minimum Gasteiger partial charge on any atom is -0.462 e. The normalized spacial score (nSPS) is 13.4. The molecule has 0 spiro atoms. The molecule has 0 aliphatic rings. The lowest BCUT2D eigenvalue weighted by Crippen LogP contribution is -2.30. The number of esters is 3. The number of ether oxygens (including phenoxy) is 3. The Kier molecular flexibility index (Phi) is 51.6. The molecule has 0 N–H and O–H groups in total. The molecule has 0 fully saturated rings. The highest BCUT2D eigenvalue weighted by Gasteiger charge is 2.19. The Bertz CT molecular complexity index is 1610. The Morgan fingerprint density at radius 2 is 0.609 bits per heavy atom. The SMILES string of the molecule is CC/C=C\C/C=C\C/C=C\C/C=C\C/C=C\C/C=C\CCC(=O)OC[C@H](COC(=O)CCC/C=C\C/C=C\C/C=C\C/C=C\CCCCC)OC(=O)CCCCCCC/C=C\C/C=C\C/C=C\CC. The Labute approximate surface area is 422 Å². The third-order valence-electron chi connectivity index (χ3n) is 10.5. The number of carbonyl (C=O) groups excluding carboxylic acids is 3. The standard InChI is InChI=1S/C63H96O6/c1-4-7-10-13-16-19-22-25-28-30-31-33-36-38-41-44-47-50-53-56-62(65)68-59-60(69-63(66)57-54-51-48-45-42-39-34-27-24-21-18-15-12-9-6-3)58-67-61(64)55-52-49-46-43-40-37-35-32-29-26-23-20-17-14-11-8-5-2/h7,9-10,12,16-21,25-29,31,33-35,37-38,41,43,46-47,50,60H,4-6,8,11,13-15,22-24,30,32,36,39-40,42,44-45,48-49,51-59H2,1-3H3/b10-7-,12-9-,19-16-,20-17-,21-18-,28-25-,29-26-,33-31-,34-27-,37-35-,41-38-,46-43-,50-47-/t60-/m0/s1. The predicted molar refractivity (Wildman–Crippen MR) is 297 cm³/mol. The van der Waals surface area contributed by atoms with Gasteiger partial charge in [-0.3, -0.25) is 14.4 Å². The van der Waals surface area contributed by atoms with Crippen LogP contribution in [0.4, 0.5) is 0 Å². The highest BCUT2D eigenvalue weighted by molar-refractivity contribution is 5.71. The monoisotopic (exact) mass is 949 g/mol. The van der Waals surface area contributed by atoms with E-state index >= 15 is 0 Å². The molecule has 0 rings (SSSR count). The third kappa shape index (κ3) is 53.8. The van der Waals surface area contributed by atoms with Crippen molar-refractivity contribution in [2.45, 2.75) is 207 Å². The molecule has 0 aliphatic carbocycles. The van der Waals surface area contributed by atoms with E-state index in [0.717, 1.165) is 122 Å². The topological polar surface area (TPSA) is 78.9 Å². The van der Waals surface area contributed by atoms with Gasteiger partial charge in [-0.15, -0.1) is 0 Å². The first kappa shape index (κ1) is 64.0. The van der Waals surface area contributed by atoms with Crippen LogP contribution in [0.5, 0.6) is 0 Å². The van der Waals surface area contributed by atoms with Crippen LogP contribution in [-0.2, 0) is 28.6 Å². The van der Waals surface area contributed by atoms with E-state index in [9.17, 15) is 14.4 Å². The summed E-state index contributed by atoms with van der Waals surface area (Å²) in [6.07, 6.45) is 81.0. The first-order valence-electron chi connectivity index (χ1n) is 27.0. The molecule has 69 heavy (non-hydrogen) atoms. The summed E-state index contributed by atoms with van der Waals surface area (Å²) in [5, 5.41) is 0. The average Bonchev–Trinajstić information content (AvgIpc) is 3.35. The fourth-order valence-corrected chi connectivity index (χ4v) is 6.53. The van der Waals surface area contributed by atoms with Crippen LogP contribution >= 0.6 is 0 Å². The molecule has 0 aromatic carbocycles. The first-order valence-corrected chi connectivity index (χ1v) is 27.0. The zero-order valence-electron chi connectivity index (χ0n) is 43.8. The summed E-state index contributed by atoms with van der Waals surface area (Å²) in [4.78, 5) is 38.0. The molecular weight excluding hydrogens is 853 g/mol. The van der Waals surface area contributed by atoms with E-state index in [4.69, 9.17) is 14.2 Å². The minimum absolute atomic E-state index is 0.144. The van der Waals surface area contributed by atoms with Crippen molar-refractivity contribution in [1.82, 2.24) is 0 Å². The van der Waals surface area contributed by atoms with Crippen molar-refractivity contribution in [1.29, 1.82) is 0 Å². The van der Waals surface area contributed by atoms with Crippen molar-refractivity contribution < 1.29 is 28.6 Å². The molecule has 6 nitrogen and oxygen atoms in total. The Balaban J connectivity index is 4.65. The van der Waals surface area contributed by atoms with Crippen LogP contribution in [0.25, 0.3) is 0 Å². The average molecular weight is 949 g/mol. The summed E-state index contributed by atoms with van der Waals surface area (Å²) in [6, 6.07) is 0. The lowest BCUT2D eigenvalue weighted by molar-refractivity contribution is -0.166. The zero-order chi connectivity index (χ0) is 50.0. The highest BCUT2D eigenvalue weighted by Crippen LogP contribution is 2.11. The Morgan fingerprint density at radius 1 is 0.304 bits per heavy atom. The molecule has 0 unspecified atom stereocenters. The second kappa shape index (κ2) is 55.6. The zero-order valence-corrected chi connectivity index (χ0v) is 43.8. The van der Waals surface area contributed by atoms with Gasteiger partial charge in [-0.2, -0.15) is 0 Å². The molecule has 0 amide bonds. The molecule has 0 aliphatic heterocycles. The lowest BCUT2D eigenvalue weighted by Gasteiger charge is -2.18. The van der Waals surface area contributed by atoms with E-state index < -0.39 is 6.10 Å². The van der Waals surface area contributed by atoms with Crippen molar-refractivity contribution in [3.63, 3.8) is 0 Å². The molecule has 0 aromatic rings. The van der Waals surface area contributed by atoms with Gasteiger partial charge in [-0.25, -0.2) is 0 Å². The second-order valence-electron chi connectivity index (χ2n) is 17.0. The second-order valence-corrected chi connectivity index (χ2v) is 17.0. The maximum Gasteiger partial charge on any atom is 0.306 e. The van der Waals surface area contributed by atoms with Gasteiger partial charge in [0, 0.05) is 19.3 Å². The van der Waals surface area contributed by atoms with Crippen molar-refractivity contribution in [2.24, 2.45) is 0 Å². The predicted octanol–water partition coefficient (Wildman–Crippen LogP) is 18.2. The summed E-state index contributed by atoms with van der Waals surface area (Å²) in [5.74, 6) is -1.11. The van der Waals surface area contributed by atoms with Gasteiger partial charge in [0.25, 0.3) is 0 Å². The van der Waals surface area contributed by atoms with Gasteiger partial charge in [0.05, 0.1) is 0 Å². The number of rotatable bonds is 46. The van der Waals surface area contributed by atoms with Gasteiger partial charge in [0.2, 0.25) is 0 Å². The van der Waals surface area contributed by atoms with Gasteiger partial charge in [-0.05, 0) is 128 Å². The van der Waals surface area contributed by atoms with Crippen molar-refractivity contribution in [2.75, 3.05) is 13.2 Å². The largest absolute Gasteiger partial charge is 0.462 e. The number of hydrogen-bond donors (Lipinski definition) is 0. The summed E-state index contributed by atoms with van der Waals surface area (Å²) in [7, 11) is 0. The molecule has 0 saturated heterocycles. The number of unbranched alkanes of at least 4 members (excludes halogenated alkanes) is 9. The summed E-state index contributed by atoms with van der Waals surface area (Å²) in [5.41, 5.74) is 0. The maximum atomic E-state index is 12.8. The summed E-state index contributed by atoms with van der Waals surface area (Å²) < 4.78 is 16.7. The van der Waals surface area contributed by atoms with Gasteiger partial charge in [0.15, 0.2) is 6.10 Å². The van der Waals surface area contributed by atoms with E-state index in [-0.39, 0.29) is 50.4 Å². The van der Waals surface area contributed by atoms with Gasteiger partial charge in [-0.1, -0.05) is 211 Å². The Hall–Kier alpha value is -4.97.